The Bertz CT molecular complexity index is 862. The van der Waals surface area contributed by atoms with Gasteiger partial charge in [0.2, 0.25) is 27.7 Å². The monoisotopic (exact) mass is 391 g/mol. The topological polar surface area (TPSA) is 145 Å². The second-order valence-electron chi connectivity index (χ2n) is 4.50. The van der Waals surface area contributed by atoms with E-state index >= 15 is 0 Å². The number of halogens is 1. The van der Waals surface area contributed by atoms with E-state index in [9.17, 15) is 13.2 Å². The number of rotatable bonds is 7. The van der Waals surface area contributed by atoms with E-state index in [1.165, 1.54) is 20.3 Å². The minimum Gasteiger partial charge on any atom is -0.481 e. The molecule has 2 N–H and O–H groups in total. The van der Waals surface area contributed by atoms with Gasteiger partial charge in [0.1, 0.15) is 11.3 Å². The first-order chi connectivity index (χ1) is 11.8. The smallest absolute Gasteiger partial charge is 0.342 e. The van der Waals surface area contributed by atoms with Crippen molar-refractivity contribution in [2.45, 2.75) is 5.75 Å². The van der Waals surface area contributed by atoms with Gasteiger partial charge >= 0.3 is 5.97 Å². The number of H-pyrrole nitrogens is 1. The van der Waals surface area contributed by atoms with Gasteiger partial charge in [0.25, 0.3) is 0 Å². The summed E-state index contributed by atoms with van der Waals surface area (Å²) in [6, 6.07) is 1.38. The molecule has 0 atom stereocenters. The number of anilines is 1. The zero-order valence-corrected chi connectivity index (χ0v) is 14.9. The van der Waals surface area contributed by atoms with Gasteiger partial charge < -0.3 is 14.2 Å². The summed E-state index contributed by atoms with van der Waals surface area (Å²) >= 11 is 5.77. The average Bonchev–Trinajstić information content (AvgIpc) is 2.92. The van der Waals surface area contributed by atoms with E-state index in [0.29, 0.717) is 0 Å². The summed E-state index contributed by atoms with van der Waals surface area (Å²) in [4.78, 5) is 19.4. The van der Waals surface area contributed by atoms with Gasteiger partial charge in [0, 0.05) is 0 Å². The molecule has 136 valence electrons. The third kappa shape index (κ3) is 4.48. The Hall–Kier alpha value is -2.60. The van der Waals surface area contributed by atoms with Crippen LogP contribution in [-0.4, -0.2) is 55.9 Å². The number of aromatic amines is 1. The van der Waals surface area contributed by atoms with Crippen LogP contribution < -0.4 is 14.2 Å². The molecule has 0 unspecified atom stereocenters. The summed E-state index contributed by atoms with van der Waals surface area (Å²) in [6.07, 6.45) is 0. The number of esters is 1. The van der Waals surface area contributed by atoms with E-state index in [-0.39, 0.29) is 34.1 Å². The van der Waals surface area contributed by atoms with Crippen molar-refractivity contribution in [2.75, 3.05) is 26.1 Å². The molecule has 0 bridgehead atoms. The van der Waals surface area contributed by atoms with Crippen LogP contribution in [0.1, 0.15) is 16.1 Å². The molecule has 0 aliphatic carbocycles. The van der Waals surface area contributed by atoms with Crippen LogP contribution in [0.2, 0.25) is 5.15 Å². The summed E-state index contributed by atoms with van der Waals surface area (Å²) < 4.78 is 41.2. The largest absolute Gasteiger partial charge is 0.481 e. The lowest BCUT2D eigenvalue weighted by atomic mass is 10.3. The maximum atomic E-state index is 12.3. The Morgan fingerprint density at radius 1 is 1.24 bits per heavy atom. The molecule has 2 rings (SSSR count). The number of methoxy groups -OCH3 is 3. The summed E-state index contributed by atoms with van der Waals surface area (Å²) in [5.41, 5.74) is -0.210. The maximum absolute atomic E-state index is 12.3. The zero-order valence-electron chi connectivity index (χ0n) is 13.4. The van der Waals surface area contributed by atoms with Gasteiger partial charge in [-0.2, -0.15) is 15.1 Å². The van der Waals surface area contributed by atoms with Crippen molar-refractivity contribution < 1.29 is 27.4 Å². The van der Waals surface area contributed by atoms with Crippen LogP contribution >= 0.6 is 11.6 Å². The quantitative estimate of drug-likeness (QED) is 0.647. The highest BCUT2D eigenvalue weighted by Gasteiger charge is 2.25. The van der Waals surface area contributed by atoms with Crippen LogP contribution in [-0.2, 0) is 20.5 Å². The predicted molar refractivity (Wildman–Crippen MR) is 86.3 cm³/mol. The Balaban J connectivity index is 2.28. The summed E-state index contributed by atoms with van der Waals surface area (Å²) in [5.74, 6) is -1.52. The van der Waals surface area contributed by atoms with Gasteiger partial charge in [-0.15, -0.1) is 0 Å². The normalized spacial score (nSPS) is 11.0. The molecule has 0 radical (unpaired) electrons. The molecule has 25 heavy (non-hydrogen) atoms. The number of carbonyl (C=O) groups excluding carboxylic acids is 1. The lowest BCUT2D eigenvalue weighted by Crippen LogP contribution is -2.19. The predicted octanol–water partition coefficient (Wildman–Crippen LogP) is 0.599. The first-order valence-electron chi connectivity index (χ1n) is 6.58. The molecule has 2 heterocycles. The molecule has 0 aromatic carbocycles. The lowest BCUT2D eigenvalue weighted by Gasteiger charge is -2.09. The van der Waals surface area contributed by atoms with Crippen LogP contribution in [0.15, 0.2) is 6.07 Å². The summed E-state index contributed by atoms with van der Waals surface area (Å²) in [7, 11) is -0.162. The van der Waals surface area contributed by atoms with Crippen LogP contribution in [0.3, 0.4) is 0 Å². The van der Waals surface area contributed by atoms with E-state index in [4.69, 9.17) is 21.1 Å². The SMILES string of the molecule is COC(=O)c1c(Cl)n[nH]c1CS(=O)(=O)Nc1nc(OC)cc(OC)n1. The van der Waals surface area contributed by atoms with Crippen molar-refractivity contribution in [3.63, 3.8) is 0 Å². The van der Waals surface area contributed by atoms with E-state index < -0.39 is 21.7 Å². The number of carbonyl (C=O) groups is 1. The van der Waals surface area contributed by atoms with Crippen LogP contribution in [0, 0.1) is 0 Å². The van der Waals surface area contributed by atoms with E-state index in [0.717, 1.165) is 7.11 Å². The molecule has 11 nitrogen and oxygen atoms in total. The highest BCUT2D eigenvalue weighted by atomic mass is 35.5. The van der Waals surface area contributed by atoms with Crippen molar-refractivity contribution in [1.29, 1.82) is 0 Å². The summed E-state index contributed by atoms with van der Waals surface area (Å²) in [6.45, 7) is 0. The van der Waals surface area contributed by atoms with Crippen LogP contribution in [0.5, 0.6) is 11.8 Å². The zero-order chi connectivity index (χ0) is 18.6. The fourth-order valence-electron chi connectivity index (χ4n) is 1.79. The molecule has 0 aliphatic heterocycles. The first-order valence-corrected chi connectivity index (χ1v) is 8.61. The number of sulfonamides is 1. The molecule has 13 heteroatoms. The number of aromatic nitrogens is 4. The number of hydrogen-bond acceptors (Lipinski definition) is 9. The molecular weight excluding hydrogens is 378 g/mol. The molecule has 0 fully saturated rings. The van der Waals surface area contributed by atoms with Gasteiger partial charge in [0.15, 0.2) is 5.15 Å². The molecule has 2 aromatic rings. The maximum Gasteiger partial charge on any atom is 0.342 e. The van der Waals surface area contributed by atoms with E-state index in [1.807, 2.05) is 0 Å². The molecule has 0 amide bonds. The van der Waals surface area contributed by atoms with Crippen molar-refractivity contribution in [3.05, 3.63) is 22.5 Å². The Kier molecular flexibility index (Phi) is 5.64. The number of ether oxygens (including phenoxy) is 3. The fraction of sp³-hybridized carbons (Fsp3) is 0.333. The van der Waals surface area contributed by atoms with Crippen molar-refractivity contribution in [3.8, 4) is 11.8 Å². The standard InChI is InChI=1S/C12H14ClN5O6S/c1-22-7-4-8(23-2)15-12(14-7)18-25(20,21)5-6-9(11(19)24-3)10(13)17-16-6/h4H,5H2,1-3H3,(H,16,17)(H,14,15,18). The van der Waals surface area contributed by atoms with Crippen LogP contribution in [0.25, 0.3) is 0 Å². The number of hydrogen-bond donors (Lipinski definition) is 2. The van der Waals surface area contributed by atoms with Gasteiger partial charge in [-0.1, -0.05) is 11.6 Å². The fourth-order valence-corrected chi connectivity index (χ4v) is 3.05. The highest BCUT2D eigenvalue weighted by molar-refractivity contribution is 7.91. The van der Waals surface area contributed by atoms with Gasteiger partial charge in [-0.3, -0.25) is 9.82 Å². The summed E-state index contributed by atoms with van der Waals surface area (Å²) in [5, 5.41) is 5.79. The molecule has 2 aromatic heterocycles. The first kappa shape index (κ1) is 18.7. The minimum absolute atomic E-state index is 0.0424. The van der Waals surface area contributed by atoms with Gasteiger partial charge in [-0.05, 0) is 0 Å². The second-order valence-corrected chi connectivity index (χ2v) is 6.58. The van der Waals surface area contributed by atoms with Crippen molar-refractivity contribution in [2.24, 2.45) is 0 Å². The molecule has 0 saturated carbocycles. The van der Waals surface area contributed by atoms with Crippen molar-refractivity contribution in [1.82, 2.24) is 20.2 Å². The van der Waals surface area contributed by atoms with Crippen molar-refractivity contribution >= 4 is 33.5 Å². The third-order valence-electron chi connectivity index (χ3n) is 2.87. The van der Waals surface area contributed by atoms with Crippen LogP contribution in [0.4, 0.5) is 5.95 Å². The highest BCUT2D eigenvalue weighted by Crippen LogP contribution is 2.22. The van der Waals surface area contributed by atoms with Gasteiger partial charge in [0.05, 0.1) is 33.1 Å². The Morgan fingerprint density at radius 3 is 2.36 bits per heavy atom. The average molecular weight is 392 g/mol. The third-order valence-corrected chi connectivity index (χ3v) is 4.30. The molecule has 0 saturated heterocycles. The number of nitrogens with one attached hydrogen (secondary N) is 2. The lowest BCUT2D eigenvalue weighted by molar-refractivity contribution is 0.0600. The van der Waals surface area contributed by atoms with E-state index in [1.54, 1.807) is 0 Å². The Morgan fingerprint density at radius 2 is 1.84 bits per heavy atom. The minimum atomic E-state index is -4.01. The molecular formula is C12H14ClN5O6S. The second kappa shape index (κ2) is 7.53. The Labute approximate surface area is 147 Å². The van der Waals surface area contributed by atoms with Gasteiger partial charge in [-0.25, -0.2) is 13.2 Å². The van der Waals surface area contributed by atoms with E-state index in [2.05, 4.69) is 29.6 Å². The number of nitrogens with zero attached hydrogens (tertiary/aromatic N) is 3. The molecule has 0 spiro atoms. The molecule has 0 aliphatic rings.